The maximum atomic E-state index is 6.34. The molecule has 0 unspecified atom stereocenters. The van der Waals surface area contributed by atoms with Gasteiger partial charge in [0.05, 0.1) is 11.4 Å². The number of hydrogen-bond acceptors (Lipinski definition) is 5. The van der Waals surface area contributed by atoms with E-state index in [-0.39, 0.29) is 0 Å². The highest BCUT2D eigenvalue weighted by Gasteiger charge is 2.17. The molecule has 0 amide bonds. The van der Waals surface area contributed by atoms with Gasteiger partial charge in [-0.25, -0.2) is 0 Å². The molecule has 5 heteroatoms. The fraction of sp³-hybridized carbons (Fsp3) is 0. The van der Waals surface area contributed by atoms with Gasteiger partial charge in [-0.3, -0.25) is 9.97 Å². The van der Waals surface area contributed by atoms with Crippen LogP contribution in [0.1, 0.15) is 0 Å². The number of pyridine rings is 2. The maximum absolute atomic E-state index is 6.34. The fourth-order valence-electron chi connectivity index (χ4n) is 7.12. The molecule has 0 saturated carbocycles. The van der Waals surface area contributed by atoms with Crippen LogP contribution in [0.2, 0.25) is 0 Å². The zero-order chi connectivity index (χ0) is 33.7. The zero-order valence-electron chi connectivity index (χ0n) is 27.4. The van der Waals surface area contributed by atoms with Crippen molar-refractivity contribution in [1.29, 1.82) is 0 Å². The van der Waals surface area contributed by atoms with Crippen molar-refractivity contribution in [3.05, 3.63) is 176 Å². The van der Waals surface area contributed by atoms with Gasteiger partial charge in [0, 0.05) is 68.2 Å². The maximum Gasteiger partial charge on any atom is 0.139 e. The van der Waals surface area contributed by atoms with Crippen LogP contribution in [0.3, 0.4) is 0 Å². The highest BCUT2D eigenvalue weighted by Crippen LogP contribution is 2.41. The molecule has 0 bridgehead atoms. The van der Waals surface area contributed by atoms with Gasteiger partial charge in [0.15, 0.2) is 0 Å². The molecule has 5 nitrogen and oxygen atoms in total. The van der Waals surface area contributed by atoms with Crippen molar-refractivity contribution in [3.8, 4) is 33.6 Å². The van der Waals surface area contributed by atoms with Crippen LogP contribution < -0.4 is 4.90 Å². The van der Waals surface area contributed by atoms with Gasteiger partial charge in [0.1, 0.15) is 22.3 Å². The molecule has 10 rings (SSSR count). The lowest BCUT2D eigenvalue weighted by molar-refractivity contribution is 0.656. The second-order valence-corrected chi connectivity index (χ2v) is 12.7. The number of anilines is 3. The van der Waals surface area contributed by atoms with E-state index >= 15 is 0 Å². The van der Waals surface area contributed by atoms with E-state index in [1.807, 2.05) is 73.1 Å². The third-order valence-electron chi connectivity index (χ3n) is 9.54. The molecule has 4 heterocycles. The number of benzene rings is 6. The van der Waals surface area contributed by atoms with Crippen molar-refractivity contribution < 1.29 is 8.83 Å². The summed E-state index contributed by atoms with van der Waals surface area (Å²) in [4.78, 5) is 11.6. The van der Waals surface area contributed by atoms with E-state index in [1.165, 1.54) is 0 Å². The average molecular weight is 656 g/mol. The summed E-state index contributed by atoms with van der Waals surface area (Å²) < 4.78 is 12.5. The summed E-state index contributed by atoms with van der Waals surface area (Å²) in [6, 6.07) is 56.7. The number of nitrogens with zero attached hydrogens (tertiary/aromatic N) is 3. The van der Waals surface area contributed by atoms with Crippen molar-refractivity contribution in [3.63, 3.8) is 0 Å². The Hall–Kier alpha value is -6.98. The van der Waals surface area contributed by atoms with E-state index in [2.05, 4.69) is 118 Å². The Morgan fingerprint density at radius 1 is 0.333 bits per heavy atom. The molecule has 0 N–H and O–H groups in total. The third-order valence-corrected chi connectivity index (χ3v) is 9.54. The van der Waals surface area contributed by atoms with Crippen molar-refractivity contribution in [2.75, 3.05) is 4.90 Å². The van der Waals surface area contributed by atoms with Crippen LogP contribution in [0, 0.1) is 0 Å². The molecule has 10 aromatic rings. The lowest BCUT2D eigenvalue weighted by Crippen LogP contribution is -2.10. The summed E-state index contributed by atoms with van der Waals surface area (Å²) in [6.45, 7) is 0. The van der Waals surface area contributed by atoms with Gasteiger partial charge in [0.25, 0.3) is 0 Å². The first-order valence-corrected chi connectivity index (χ1v) is 17.0. The predicted molar refractivity (Wildman–Crippen MR) is 208 cm³/mol. The monoisotopic (exact) mass is 655 g/mol. The molecule has 240 valence electrons. The van der Waals surface area contributed by atoms with Crippen molar-refractivity contribution in [2.45, 2.75) is 0 Å². The summed E-state index contributed by atoms with van der Waals surface area (Å²) in [5, 5.41) is 4.33. The predicted octanol–water partition coefficient (Wildman–Crippen LogP) is 12.7. The molecule has 0 spiro atoms. The second kappa shape index (κ2) is 11.9. The minimum atomic E-state index is 0.814. The molecule has 0 saturated heterocycles. The van der Waals surface area contributed by atoms with Crippen LogP contribution in [-0.4, -0.2) is 9.97 Å². The van der Waals surface area contributed by atoms with Crippen LogP contribution in [0.15, 0.2) is 185 Å². The number of fused-ring (bicyclic) bond motifs is 6. The molecule has 0 atom stereocenters. The Labute approximate surface area is 293 Å². The largest absolute Gasteiger partial charge is 0.456 e. The van der Waals surface area contributed by atoms with Crippen molar-refractivity contribution >= 4 is 60.9 Å². The van der Waals surface area contributed by atoms with Crippen LogP contribution in [0.4, 0.5) is 17.1 Å². The second-order valence-electron chi connectivity index (χ2n) is 12.7. The molecule has 4 aromatic heterocycles. The molecule has 0 fully saturated rings. The van der Waals surface area contributed by atoms with E-state index in [0.29, 0.717) is 0 Å². The van der Waals surface area contributed by atoms with Gasteiger partial charge in [-0.1, -0.05) is 72.8 Å². The number of para-hydroxylation sites is 1. The molecule has 6 aromatic carbocycles. The van der Waals surface area contributed by atoms with Crippen LogP contribution in [0.5, 0.6) is 0 Å². The lowest BCUT2D eigenvalue weighted by atomic mass is 10.0. The molecular weight excluding hydrogens is 627 g/mol. The number of hydrogen-bond donors (Lipinski definition) is 0. The zero-order valence-corrected chi connectivity index (χ0v) is 27.4. The lowest BCUT2D eigenvalue weighted by Gasteiger charge is -2.27. The third kappa shape index (κ3) is 5.11. The van der Waals surface area contributed by atoms with Crippen LogP contribution in [-0.2, 0) is 0 Å². The minimum Gasteiger partial charge on any atom is -0.456 e. The Morgan fingerprint density at radius 2 is 0.843 bits per heavy atom. The van der Waals surface area contributed by atoms with Crippen LogP contribution in [0.25, 0.3) is 77.5 Å². The van der Waals surface area contributed by atoms with Gasteiger partial charge < -0.3 is 13.7 Å². The van der Waals surface area contributed by atoms with Gasteiger partial charge in [-0.05, 0) is 96.1 Å². The fourth-order valence-corrected chi connectivity index (χ4v) is 7.12. The summed E-state index contributed by atoms with van der Waals surface area (Å²) in [5.74, 6) is 0. The topological polar surface area (TPSA) is 55.3 Å². The van der Waals surface area contributed by atoms with Crippen molar-refractivity contribution in [2.24, 2.45) is 0 Å². The smallest absolute Gasteiger partial charge is 0.139 e. The van der Waals surface area contributed by atoms with E-state index in [4.69, 9.17) is 8.83 Å². The summed E-state index contributed by atoms with van der Waals surface area (Å²) in [7, 11) is 0. The van der Waals surface area contributed by atoms with Gasteiger partial charge in [-0.15, -0.1) is 0 Å². The van der Waals surface area contributed by atoms with E-state index in [9.17, 15) is 0 Å². The Kier molecular flexibility index (Phi) is 6.74. The van der Waals surface area contributed by atoms with Gasteiger partial charge in [-0.2, -0.15) is 0 Å². The van der Waals surface area contributed by atoms with Gasteiger partial charge in [0.2, 0.25) is 0 Å². The van der Waals surface area contributed by atoms with E-state index < -0.39 is 0 Å². The van der Waals surface area contributed by atoms with Crippen molar-refractivity contribution in [1.82, 2.24) is 9.97 Å². The first-order chi connectivity index (χ1) is 25.2. The molecule has 0 aliphatic rings. The Balaban J connectivity index is 1.11. The Bertz CT molecular complexity index is 2790. The molecule has 0 aliphatic carbocycles. The quantitative estimate of drug-likeness (QED) is 0.178. The molecule has 0 radical (unpaired) electrons. The number of rotatable bonds is 6. The first-order valence-electron chi connectivity index (χ1n) is 17.0. The normalized spacial score (nSPS) is 11.5. The average Bonchev–Trinajstić information content (AvgIpc) is 3.75. The Morgan fingerprint density at radius 3 is 1.47 bits per heavy atom. The summed E-state index contributed by atoms with van der Waals surface area (Å²) in [6.07, 6.45) is 3.67. The van der Waals surface area contributed by atoms with E-state index in [1.54, 1.807) is 0 Å². The SMILES string of the molecule is c1ccc(-c2cccc(N(c3cccc(-c4ccc5oc6cc7oc8ccccc8c7cc6c5c4)c3)c3cccc(-c4ccccn4)c3)c2)nc1. The van der Waals surface area contributed by atoms with E-state index in [0.717, 1.165) is 94.6 Å². The minimum absolute atomic E-state index is 0.814. The van der Waals surface area contributed by atoms with Gasteiger partial charge >= 0.3 is 0 Å². The van der Waals surface area contributed by atoms with Crippen LogP contribution >= 0.6 is 0 Å². The first kappa shape index (κ1) is 29.0. The molecule has 0 aliphatic heterocycles. The summed E-state index contributed by atoms with van der Waals surface area (Å²) in [5.41, 5.74) is 12.6. The highest BCUT2D eigenvalue weighted by molar-refractivity contribution is 6.15. The molecule has 51 heavy (non-hydrogen) atoms. The number of aromatic nitrogens is 2. The highest BCUT2D eigenvalue weighted by atomic mass is 16.3. The standard InChI is InChI=1S/C46H29N3O2/c1-2-19-43-37(16-1)39-28-40-38-27-31(20-21-44(38)51-46(40)29-45(39)50-43)30-10-7-13-34(24-30)49(35-14-8-11-32(25-35)41-17-3-5-22-47-41)36-15-9-12-33(26-36)42-18-4-6-23-48-42/h1-29H. The number of furan rings is 2. The molecular formula is C46H29N3O2. The summed E-state index contributed by atoms with van der Waals surface area (Å²) >= 11 is 0.